The second-order valence-corrected chi connectivity index (χ2v) is 7.30. The summed E-state index contributed by atoms with van der Waals surface area (Å²) >= 11 is 8.79. The van der Waals surface area contributed by atoms with Crippen LogP contribution < -0.4 is 5.73 Å². The van der Waals surface area contributed by atoms with Gasteiger partial charge in [-0.05, 0) is 28.9 Å². The average Bonchev–Trinajstić information content (AvgIpc) is 2.39. The smallest absolute Gasteiger partial charge is 0.246 e. The summed E-state index contributed by atoms with van der Waals surface area (Å²) in [7, 11) is -2.86. The van der Waals surface area contributed by atoms with E-state index in [2.05, 4.69) is 15.9 Å². The minimum Gasteiger partial charge on any atom is -0.395 e. The van der Waals surface area contributed by atoms with Crippen LogP contribution in [-0.2, 0) is 10.0 Å². The van der Waals surface area contributed by atoms with Gasteiger partial charge in [-0.3, -0.25) is 0 Å². The number of nitriles is 1. The Hall–Kier alpha value is -0.880. The van der Waals surface area contributed by atoms with E-state index in [0.717, 1.165) is 10.4 Å². The maximum Gasteiger partial charge on any atom is 0.246 e. The second kappa shape index (κ2) is 6.26. The van der Waals surface area contributed by atoms with Crippen molar-refractivity contribution in [2.75, 3.05) is 12.8 Å². The average molecular weight is 385 g/mol. The molecule has 9 heteroatoms. The fraction of sp³-hybridized carbons (Fsp3) is 0.364. The van der Waals surface area contributed by atoms with Crippen LogP contribution in [0.3, 0.4) is 0 Å². The zero-order valence-corrected chi connectivity index (χ0v) is 13.9. The van der Waals surface area contributed by atoms with Gasteiger partial charge in [-0.15, -0.1) is 0 Å². The van der Waals surface area contributed by atoms with Gasteiger partial charge in [0.1, 0.15) is 4.90 Å². The Morgan fingerprint density at radius 1 is 1.65 bits per heavy atom. The lowest BCUT2D eigenvalue weighted by molar-refractivity contribution is 0.390. The van der Waals surface area contributed by atoms with Crippen molar-refractivity contribution in [1.82, 2.24) is 4.31 Å². The van der Waals surface area contributed by atoms with Gasteiger partial charge in [-0.1, -0.05) is 11.6 Å². The Morgan fingerprint density at radius 3 is 2.70 bits per heavy atom. The van der Waals surface area contributed by atoms with Crippen molar-refractivity contribution in [3.63, 3.8) is 0 Å². The Balaban J connectivity index is 3.41. The third kappa shape index (κ3) is 3.06. The van der Waals surface area contributed by atoms with Gasteiger partial charge in [0.2, 0.25) is 10.0 Å². The Kier molecular flexibility index (Phi) is 5.38. The van der Waals surface area contributed by atoms with Crippen molar-refractivity contribution < 1.29 is 12.8 Å². The van der Waals surface area contributed by atoms with Crippen molar-refractivity contribution in [2.24, 2.45) is 0 Å². The molecule has 0 saturated carbocycles. The quantitative estimate of drug-likeness (QED) is 0.638. The first-order valence-electron chi connectivity index (χ1n) is 5.42. The van der Waals surface area contributed by atoms with Crippen molar-refractivity contribution >= 4 is 43.2 Å². The molecule has 0 aromatic heterocycles. The summed E-state index contributed by atoms with van der Waals surface area (Å²) < 4.78 is 39.7. The molecule has 0 aliphatic carbocycles. The summed E-state index contributed by atoms with van der Waals surface area (Å²) in [6, 6.07) is 2.24. The first-order chi connectivity index (χ1) is 9.14. The summed E-state index contributed by atoms with van der Waals surface area (Å²) in [6.45, 7) is 1.54. The van der Waals surface area contributed by atoms with Crippen molar-refractivity contribution in [3.8, 4) is 6.07 Å². The maximum atomic E-state index is 14.1. The predicted octanol–water partition coefficient (Wildman–Crippen LogP) is 2.75. The minimum atomic E-state index is -4.13. The molecule has 0 aliphatic heterocycles. The molecule has 5 nitrogen and oxygen atoms in total. The van der Waals surface area contributed by atoms with Crippen LogP contribution in [0.15, 0.2) is 15.4 Å². The Morgan fingerprint density at radius 2 is 2.20 bits per heavy atom. The summed E-state index contributed by atoms with van der Waals surface area (Å²) in [6.07, 6.45) is -0.0168. The monoisotopic (exact) mass is 383 g/mol. The highest BCUT2D eigenvalue weighted by Crippen LogP contribution is 2.35. The molecule has 1 atom stereocenters. The molecular weight excluding hydrogens is 373 g/mol. The summed E-state index contributed by atoms with van der Waals surface area (Å²) in [5.74, 6) is -1.07. The number of nitrogens with zero attached hydrogens (tertiary/aromatic N) is 2. The van der Waals surface area contributed by atoms with Gasteiger partial charge in [0.05, 0.1) is 27.7 Å². The van der Waals surface area contributed by atoms with E-state index in [1.54, 1.807) is 6.92 Å². The second-order valence-electron chi connectivity index (χ2n) is 4.13. The van der Waals surface area contributed by atoms with E-state index in [9.17, 15) is 12.8 Å². The largest absolute Gasteiger partial charge is 0.395 e. The predicted molar refractivity (Wildman–Crippen MR) is 78.2 cm³/mol. The van der Waals surface area contributed by atoms with Gasteiger partial charge in [0.15, 0.2) is 5.82 Å². The van der Waals surface area contributed by atoms with Crippen LogP contribution in [0.4, 0.5) is 10.1 Å². The third-order valence-electron chi connectivity index (χ3n) is 2.82. The summed E-state index contributed by atoms with van der Waals surface area (Å²) in [5, 5.41) is 8.60. The van der Waals surface area contributed by atoms with Crippen LogP contribution in [0.25, 0.3) is 0 Å². The molecule has 1 aromatic carbocycles. The van der Waals surface area contributed by atoms with Gasteiger partial charge < -0.3 is 5.73 Å². The van der Waals surface area contributed by atoms with Gasteiger partial charge in [-0.25, -0.2) is 12.8 Å². The minimum absolute atomic E-state index is 0.0104. The highest BCUT2D eigenvalue weighted by atomic mass is 79.9. The molecule has 1 unspecified atom stereocenters. The van der Waals surface area contributed by atoms with Gasteiger partial charge in [0.25, 0.3) is 0 Å². The molecule has 0 bridgehead atoms. The molecule has 1 aromatic rings. The van der Waals surface area contributed by atoms with E-state index in [1.165, 1.54) is 7.05 Å². The topological polar surface area (TPSA) is 87.2 Å². The number of benzene rings is 1. The fourth-order valence-electron chi connectivity index (χ4n) is 1.44. The standard InChI is InChI=1S/C11H12BrClFN3O2S/c1-6(3-4-15)17(2)20(18,19)8-5-7(13)9(12)11(16)10(8)14/h5-6H,3,16H2,1-2H3. The summed E-state index contributed by atoms with van der Waals surface area (Å²) in [5.41, 5.74) is 5.10. The molecule has 20 heavy (non-hydrogen) atoms. The number of halogens is 3. The molecular formula is C11H12BrClFN3O2S. The maximum absolute atomic E-state index is 14.1. The van der Waals surface area contributed by atoms with E-state index >= 15 is 0 Å². The molecule has 0 heterocycles. The molecule has 110 valence electrons. The zero-order valence-electron chi connectivity index (χ0n) is 10.7. The van der Waals surface area contributed by atoms with Crippen LogP contribution in [0, 0.1) is 17.1 Å². The lowest BCUT2D eigenvalue weighted by atomic mass is 10.3. The van der Waals surface area contributed by atoms with Gasteiger partial charge in [0, 0.05) is 13.1 Å². The third-order valence-corrected chi connectivity index (χ3v) is 6.17. The summed E-state index contributed by atoms with van der Waals surface area (Å²) in [4.78, 5) is -0.615. The normalized spacial score (nSPS) is 13.2. The first-order valence-corrected chi connectivity index (χ1v) is 8.03. The molecule has 0 spiro atoms. The number of anilines is 1. The Bertz CT molecular complexity index is 675. The Labute approximate surface area is 130 Å². The molecule has 0 fully saturated rings. The van der Waals surface area contributed by atoms with Crippen molar-refractivity contribution in [2.45, 2.75) is 24.3 Å². The van der Waals surface area contributed by atoms with Crippen LogP contribution >= 0.6 is 27.5 Å². The zero-order chi connectivity index (χ0) is 15.7. The molecule has 0 saturated heterocycles. The number of sulfonamides is 1. The lowest BCUT2D eigenvalue weighted by Gasteiger charge is -2.23. The SMILES string of the molecule is CC(CC#N)N(C)S(=O)(=O)c1cc(Cl)c(Br)c(N)c1F. The highest BCUT2D eigenvalue weighted by Gasteiger charge is 2.30. The lowest BCUT2D eigenvalue weighted by Crippen LogP contribution is -2.35. The first kappa shape index (κ1) is 17.2. The molecule has 0 amide bonds. The van der Waals surface area contributed by atoms with E-state index in [-0.39, 0.29) is 21.6 Å². The van der Waals surface area contributed by atoms with E-state index in [1.807, 2.05) is 6.07 Å². The van der Waals surface area contributed by atoms with Crippen molar-refractivity contribution in [3.05, 3.63) is 21.4 Å². The van der Waals surface area contributed by atoms with E-state index < -0.39 is 26.8 Å². The van der Waals surface area contributed by atoms with Gasteiger partial charge in [-0.2, -0.15) is 9.57 Å². The number of rotatable bonds is 4. The number of hydrogen-bond donors (Lipinski definition) is 1. The van der Waals surface area contributed by atoms with Crippen LogP contribution in [0.2, 0.25) is 5.02 Å². The number of nitrogens with two attached hydrogens (primary N) is 1. The molecule has 0 aliphatic rings. The van der Waals surface area contributed by atoms with Crippen LogP contribution in [0.5, 0.6) is 0 Å². The van der Waals surface area contributed by atoms with Gasteiger partial charge >= 0.3 is 0 Å². The highest BCUT2D eigenvalue weighted by molar-refractivity contribution is 9.10. The molecule has 2 N–H and O–H groups in total. The van der Waals surface area contributed by atoms with Crippen LogP contribution in [0.1, 0.15) is 13.3 Å². The van der Waals surface area contributed by atoms with E-state index in [0.29, 0.717) is 0 Å². The fourth-order valence-corrected chi connectivity index (χ4v) is 3.47. The number of nitrogen functional groups attached to an aromatic ring is 1. The van der Waals surface area contributed by atoms with E-state index in [4.69, 9.17) is 22.6 Å². The molecule has 1 rings (SSSR count). The van der Waals surface area contributed by atoms with Crippen molar-refractivity contribution in [1.29, 1.82) is 5.26 Å². The van der Waals surface area contributed by atoms with Crippen LogP contribution in [-0.4, -0.2) is 25.8 Å². The number of hydrogen-bond acceptors (Lipinski definition) is 4. The molecule has 0 radical (unpaired) electrons.